The molecule has 27 heavy (non-hydrogen) atoms. The number of aromatic nitrogens is 2. The number of aryl methyl sites for hydroxylation is 2. The van der Waals surface area contributed by atoms with E-state index in [0.29, 0.717) is 18.8 Å². The molecule has 1 N–H and O–H groups in total. The van der Waals surface area contributed by atoms with E-state index in [0.717, 1.165) is 28.0 Å². The summed E-state index contributed by atoms with van der Waals surface area (Å²) in [5, 5.41) is 2.99. The highest BCUT2D eigenvalue weighted by Gasteiger charge is 2.18. The second-order valence-corrected chi connectivity index (χ2v) is 6.75. The monoisotopic (exact) mass is 359 g/mol. The molecule has 0 spiro atoms. The van der Waals surface area contributed by atoms with Crippen molar-refractivity contribution in [2.75, 3.05) is 0 Å². The van der Waals surface area contributed by atoms with Crippen LogP contribution in [0.15, 0.2) is 65.3 Å². The molecule has 4 aromatic rings. The number of benzene rings is 1. The minimum atomic E-state index is -0.122. The van der Waals surface area contributed by atoms with Crippen LogP contribution in [0.5, 0.6) is 0 Å². The normalized spacial score (nSPS) is 11.0. The predicted octanol–water partition coefficient (Wildman–Crippen LogP) is 4.22. The fraction of sp³-hybridized carbons (Fsp3) is 0.182. The number of hydrogen-bond acceptors (Lipinski definition) is 3. The minimum absolute atomic E-state index is 0.122. The first-order valence-corrected chi connectivity index (χ1v) is 8.92. The van der Waals surface area contributed by atoms with Crippen molar-refractivity contribution < 1.29 is 9.21 Å². The van der Waals surface area contributed by atoms with Crippen LogP contribution in [-0.4, -0.2) is 15.5 Å². The minimum Gasteiger partial charge on any atom is -0.460 e. The largest absolute Gasteiger partial charge is 0.460 e. The van der Waals surface area contributed by atoms with E-state index >= 15 is 0 Å². The molecule has 0 aliphatic heterocycles. The van der Waals surface area contributed by atoms with Crippen LogP contribution < -0.4 is 5.32 Å². The number of nitrogens with one attached hydrogen (secondary N) is 1. The summed E-state index contributed by atoms with van der Waals surface area (Å²) >= 11 is 0. The Kier molecular flexibility index (Phi) is 4.50. The van der Waals surface area contributed by atoms with Crippen molar-refractivity contribution in [3.05, 3.63) is 89.1 Å². The number of amides is 1. The van der Waals surface area contributed by atoms with Gasteiger partial charge in [-0.3, -0.25) is 9.78 Å². The van der Waals surface area contributed by atoms with Crippen LogP contribution in [0, 0.1) is 13.8 Å². The van der Waals surface area contributed by atoms with Gasteiger partial charge in [-0.1, -0.05) is 29.8 Å². The Labute approximate surface area is 157 Å². The van der Waals surface area contributed by atoms with Crippen molar-refractivity contribution in [1.29, 1.82) is 0 Å². The zero-order valence-electron chi connectivity index (χ0n) is 15.4. The molecule has 4 rings (SSSR count). The maximum absolute atomic E-state index is 12.9. The van der Waals surface area contributed by atoms with Gasteiger partial charge in [0.2, 0.25) is 0 Å². The number of hydrogen-bond donors (Lipinski definition) is 1. The topological polar surface area (TPSA) is 60.1 Å². The third kappa shape index (κ3) is 3.62. The van der Waals surface area contributed by atoms with Crippen molar-refractivity contribution in [1.82, 2.24) is 14.9 Å². The first kappa shape index (κ1) is 17.1. The van der Waals surface area contributed by atoms with E-state index in [1.54, 1.807) is 12.4 Å². The summed E-state index contributed by atoms with van der Waals surface area (Å²) in [5.74, 6) is 0.713. The molecule has 3 heterocycles. The molecule has 0 fully saturated rings. The summed E-state index contributed by atoms with van der Waals surface area (Å²) in [5.41, 5.74) is 5.61. The quantitative estimate of drug-likeness (QED) is 0.580. The number of furan rings is 1. The van der Waals surface area contributed by atoms with Gasteiger partial charge in [0.05, 0.1) is 5.52 Å². The predicted molar refractivity (Wildman–Crippen MR) is 105 cm³/mol. The highest BCUT2D eigenvalue weighted by Crippen LogP contribution is 2.25. The zero-order valence-corrected chi connectivity index (χ0v) is 15.4. The Bertz CT molecular complexity index is 1090. The molecule has 0 atom stereocenters. The van der Waals surface area contributed by atoms with Gasteiger partial charge in [0, 0.05) is 37.6 Å². The number of nitrogens with zero attached hydrogens (tertiary/aromatic N) is 2. The number of fused-ring (bicyclic) bond motifs is 1. The van der Waals surface area contributed by atoms with Crippen LogP contribution in [0.3, 0.4) is 0 Å². The van der Waals surface area contributed by atoms with Crippen LogP contribution in [0.4, 0.5) is 0 Å². The molecule has 0 unspecified atom stereocenters. The summed E-state index contributed by atoms with van der Waals surface area (Å²) in [6, 6.07) is 15.9. The Balaban J connectivity index is 1.65. The Hall–Kier alpha value is -3.34. The van der Waals surface area contributed by atoms with E-state index in [1.807, 2.05) is 41.8 Å². The Morgan fingerprint density at radius 2 is 1.89 bits per heavy atom. The smallest absolute Gasteiger partial charge is 0.268 e. The van der Waals surface area contributed by atoms with Crippen molar-refractivity contribution >= 4 is 17.0 Å². The standard InChI is InChI=1S/C22H21N3O2/c1-15-4-3-5-18(10-15)14-25-19-11-16(2)27-21(19)12-20(25)22(26)24-13-17-6-8-23-9-7-17/h3-12H,13-14H2,1-2H3,(H,24,26). The molecule has 1 amide bonds. The van der Waals surface area contributed by atoms with Gasteiger partial charge in [0.15, 0.2) is 5.58 Å². The molecule has 1 aromatic carbocycles. The molecule has 0 radical (unpaired) electrons. The third-order valence-electron chi connectivity index (χ3n) is 4.57. The fourth-order valence-corrected chi connectivity index (χ4v) is 3.29. The Morgan fingerprint density at radius 1 is 1.07 bits per heavy atom. The van der Waals surface area contributed by atoms with E-state index in [4.69, 9.17) is 4.42 Å². The van der Waals surface area contributed by atoms with Gasteiger partial charge in [-0.2, -0.15) is 0 Å². The van der Waals surface area contributed by atoms with Crippen LogP contribution in [0.2, 0.25) is 0 Å². The van der Waals surface area contributed by atoms with E-state index in [-0.39, 0.29) is 5.91 Å². The Morgan fingerprint density at radius 3 is 2.67 bits per heavy atom. The number of carbonyl (C=O) groups excluding carboxylic acids is 1. The van der Waals surface area contributed by atoms with Gasteiger partial charge in [0.25, 0.3) is 5.91 Å². The second-order valence-electron chi connectivity index (χ2n) is 6.75. The van der Waals surface area contributed by atoms with Crippen LogP contribution in [-0.2, 0) is 13.1 Å². The van der Waals surface area contributed by atoms with Gasteiger partial charge >= 0.3 is 0 Å². The maximum atomic E-state index is 12.9. The van der Waals surface area contributed by atoms with Gasteiger partial charge in [-0.25, -0.2) is 0 Å². The van der Waals surface area contributed by atoms with E-state index in [2.05, 4.69) is 35.4 Å². The zero-order chi connectivity index (χ0) is 18.8. The van der Waals surface area contributed by atoms with Crippen LogP contribution >= 0.6 is 0 Å². The van der Waals surface area contributed by atoms with Gasteiger partial charge in [-0.15, -0.1) is 0 Å². The highest BCUT2D eigenvalue weighted by molar-refractivity contribution is 5.97. The van der Waals surface area contributed by atoms with Gasteiger partial charge in [0.1, 0.15) is 11.5 Å². The molecule has 0 saturated heterocycles. The van der Waals surface area contributed by atoms with E-state index in [1.165, 1.54) is 5.56 Å². The SMILES string of the molecule is Cc1cccc(Cn2c(C(=O)NCc3ccncc3)cc3oc(C)cc32)c1. The molecule has 0 aliphatic carbocycles. The molecule has 5 nitrogen and oxygen atoms in total. The molecular formula is C22H21N3O2. The molecule has 136 valence electrons. The molecule has 3 aromatic heterocycles. The van der Waals surface area contributed by atoms with Crippen molar-refractivity contribution in [2.24, 2.45) is 0 Å². The molecule has 0 bridgehead atoms. The lowest BCUT2D eigenvalue weighted by atomic mass is 10.1. The summed E-state index contributed by atoms with van der Waals surface area (Å²) in [6.07, 6.45) is 3.44. The molecule has 0 saturated carbocycles. The number of pyridine rings is 1. The first-order chi connectivity index (χ1) is 13.1. The first-order valence-electron chi connectivity index (χ1n) is 8.92. The molecule has 0 aliphatic rings. The second kappa shape index (κ2) is 7.11. The summed E-state index contributed by atoms with van der Waals surface area (Å²) in [7, 11) is 0. The lowest BCUT2D eigenvalue weighted by molar-refractivity contribution is 0.0942. The summed E-state index contributed by atoms with van der Waals surface area (Å²) in [4.78, 5) is 16.9. The highest BCUT2D eigenvalue weighted by atomic mass is 16.3. The van der Waals surface area contributed by atoms with Crippen LogP contribution in [0.1, 0.15) is 32.9 Å². The average molecular weight is 359 g/mol. The maximum Gasteiger partial charge on any atom is 0.268 e. The summed E-state index contributed by atoms with van der Waals surface area (Å²) in [6.45, 7) is 5.05. The van der Waals surface area contributed by atoms with Crippen molar-refractivity contribution in [3.63, 3.8) is 0 Å². The number of rotatable bonds is 5. The lowest BCUT2D eigenvalue weighted by Gasteiger charge is -2.11. The summed E-state index contributed by atoms with van der Waals surface area (Å²) < 4.78 is 7.77. The fourth-order valence-electron chi connectivity index (χ4n) is 3.29. The van der Waals surface area contributed by atoms with E-state index in [9.17, 15) is 4.79 Å². The average Bonchev–Trinajstić information content (AvgIpc) is 3.18. The van der Waals surface area contributed by atoms with Crippen molar-refractivity contribution in [2.45, 2.75) is 26.9 Å². The lowest BCUT2D eigenvalue weighted by Crippen LogP contribution is -2.25. The van der Waals surface area contributed by atoms with Gasteiger partial charge in [-0.05, 0) is 37.1 Å². The number of carbonyl (C=O) groups is 1. The van der Waals surface area contributed by atoms with Crippen LogP contribution in [0.25, 0.3) is 11.1 Å². The molecular weight excluding hydrogens is 338 g/mol. The molecule has 5 heteroatoms. The van der Waals surface area contributed by atoms with Crippen molar-refractivity contribution in [3.8, 4) is 0 Å². The van der Waals surface area contributed by atoms with E-state index < -0.39 is 0 Å². The van der Waals surface area contributed by atoms with Gasteiger partial charge < -0.3 is 14.3 Å². The third-order valence-corrected chi connectivity index (χ3v) is 4.57.